The number of hydrogen-bond donors (Lipinski definition) is 1. The molecule has 4 nitrogen and oxygen atoms in total. The van der Waals surface area contributed by atoms with Crippen molar-refractivity contribution in [3.63, 3.8) is 0 Å². The van der Waals surface area contributed by atoms with Crippen LogP contribution in [0.15, 0.2) is 18.2 Å². The van der Waals surface area contributed by atoms with E-state index in [1.54, 1.807) is 0 Å². The second kappa shape index (κ2) is 12.4. The number of fused-ring (bicyclic) bond motifs is 1. The minimum Gasteiger partial charge on any atom is -0.378 e. The average molecular weight is 363 g/mol. The van der Waals surface area contributed by atoms with Crippen LogP contribution in [-0.2, 0) is 29.0 Å². The molecule has 148 valence electrons. The van der Waals surface area contributed by atoms with Crippen molar-refractivity contribution in [2.45, 2.75) is 65.6 Å². The summed E-state index contributed by atoms with van der Waals surface area (Å²) in [4.78, 5) is 2.48. The van der Waals surface area contributed by atoms with Crippen molar-refractivity contribution >= 4 is 0 Å². The number of nitrogens with one attached hydrogen (secondary N) is 1. The van der Waals surface area contributed by atoms with Gasteiger partial charge in [0.1, 0.15) is 0 Å². The van der Waals surface area contributed by atoms with Crippen LogP contribution in [0.5, 0.6) is 0 Å². The normalized spacial score (nSPS) is 15.3. The third kappa shape index (κ3) is 7.75. The van der Waals surface area contributed by atoms with Crippen LogP contribution in [0.3, 0.4) is 0 Å². The molecule has 1 aliphatic rings. The summed E-state index contributed by atoms with van der Waals surface area (Å²) in [6, 6.07) is 7.61. The van der Waals surface area contributed by atoms with Crippen LogP contribution >= 0.6 is 0 Å². The Kier molecular flexibility index (Phi) is 10.2. The fraction of sp³-hybridized carbons (Fsp3) is 0.727. The fourth-order valence-electron chi connectivity index (χ4n) is 3.25. The monoisotopic (exact) mass is 362 g/mol. The van der Waals surface area contributed by atoms with E-state index >= 15 is 0 Å². The van der Waals surface area contributed by atoms with E-state index in [9.17, 15) is 0 Å². The van der Waals surface area contributed by atoms with E-state index in [0.717, 1.165) is 45.8 Å². The molecule has 1 heterocycles. The van der Waals surface area contributed by atoms with Gasteiger partial charge in [0.25, 0.3) is 0 Å². The number of nitrogens with zero attached hydrogens (tertiary/aromatic N) is 1. The molecule has 0 bridgehead atoms. The second-order valence-electron chi connectivity index (χ2n) is 7.41. The van der Waals surface area contributed by atoms with Gasteiger partial charge in [-0.3, -0.25) is 4.90 Å². The number of hydrogen-bond acceptors (Lipinski definition) is 4. The van der Waals surface area contributed by atoms with Crippen molar-refractivity contribution < 1.29 is 9.47 Å². The standard InChI is InChI=1S/C22H38N2O2/c1-4-6-7-20-8-9-21-17-24(18-22(21)16-20)11-13-26-15-14-25-12-10-23-19(3)5-2/h8-9,16,19,23H,4-7,10-15,17-18H2,1-3H3. The topological polar surface area (TPSA) is 33.7 Å². The summed E-state index contributed by atoms with van der Waals surface area (Å²) >= 11 is 0. The minimum absolute atomic E-state index is 0.571. The van der Waals surface area contributed by atoms with Gasteiger partial charge in [0, 0.05) is 32.2 Å². The number of benzene rings is 1. The van der Waals surface area contributed by atoms with Gasteiger partial charge in [-0.1, -0.05) is 38.5 Å². The van der Waals surface area contributed by atoms with Crippen LogP contribution in [0, 0.1) is 0 Å². The van der Waals surface area contributed by atoms with Gasteiger partial charge in [-0.05, 0) is 42.9 Å². The van der Waals surface area contributed by atoms with Gasteiger partial charge in [0.05, 0.1) is 26.4 Å². The first-order chi connectivity index (χ1) is 12.7. The minimum atomic E-state index is 0.571. The Morgan fingerprint density at radius 1 is 1.04 bits per heavy atom. The molecule has 1 aromatic carbocycles. The predicted octanol–water partition coefficient (Wildman–Crippen LogP) is 3.77. The molecule has 0 amide bonds. The highest BCUT2D eigenvalue weighted by Crippen LogP contribution is 2.24. The smallest absolute Gasteiger partial charge is 0.0701 e. The lowest BCUT2D eigenvalue weighted by Crippen LogP contribution is -2.29. The maximum Gasteiger partial charge on any atom is 0.0701 e. The zero-order valence-electron chi connectivity index (χ0n) is 17.1. The number of ether oxygens (including phenoxy) is 2. The Labute approximate surface area is 160 Å². The number of aryl methyl sites for hydroxylation is 1. The molecule has 4 heteroatoms. The summed E-state index contributed by atoms with van der Waals surface area (Å²) in [7, 11) is 0. The van der Waals surface area contributed by atoms with E-state index in [4.69, 9.17) is 9.47 Å². The molecule has 0 fully saturated rings. The molecule has 0 radical (unpaired) electrons. The maximum atomic E-state index is 5.73. The van der Waals surface area contributed by atoms with Crippen molar-refractivity contribution in [2.24, 2.45) is 0 Å². The highest BCUT2D eigenvalue weighted by Gasteiger charge is 2.18. The summed E-state index contributed by atoms with van der Waals surface area (Å²) in [5.41, 5.74) is 4.49. The first-order valence-corrected chi connectivity index (χ1v) is 10.4. The molecule has 1 N–H and O–H groups in total. The Morgan fingerprint density at radius 3 is 2.58 bits per heavy atom. The molecule has 1 unspecified atom stereocenters. The first-order valence-electron chi connectivity index (χ1n) is 10.4. The third-order valence-corrected chi connectivity index (χ3v) is 5.15. The van der Waals surface area contributed by atoms with Gasteiger partial charge in [-0.15, -0.1) is 0 Å². The van der Waals surface area contributed by atoms with Gasteiger partial charge < -0.3 is 14.8 Å². The van der Waals surface area contributed by atoms with Crippen LogP contribution in [0.1, 0.15) is 56.7 Å². The van der Waals surface area contributed by atoms with Gasteiger partial charge in [-0.2, -0.15) is 0 Å². The summed E-state index contributed by atoms with van der Waals surface area (Å²) in [5.74, 6) is 0. The lowest BCUT2D eigenvalue weighted by Gasteiger charge is -2.15. The fourth-order valence-corrected chi connectivity index (χ4v) is 3.25. The van der Waals surface area contributed by atoms with Crippen molar-refractivity contribution in [1.29, 1.82) is 0 Å². The molecule has 1 aliphatic heterocycles. The van der Waals surface area contributed by atoms with Gasteiger partial charge >= 0.3 is 0 Å². The van der Waals surface area contributed by atoms with Crippen molar-refractivity contribution in [2.75, 3.05) is 39.5 Å². The van der Waals surface area contributed by atoms with Crippen molar-refractivity contribution in [3.05, 3.63) is 34.9 Å². The van der Waals surface area contributed by atoms with Gasteiger partial charge in [0.15, 0.2) is 0 Å². The van der Waals surface area contributed by atoms with E-state index in [1.807, 2.05) is 0 Å². The molecule has 0 saturated carbocycles. The second-order valence-corrected chi connectivity index (χ2v) is 7.41. The summed E-state index contributed by atoms with van der Waals surface area (Å²) in [6.07, 6.45) is 4.91. The number of unbranched alkanes of at least 4 members (excludes halogenated alkanes) is 1. The van der Waals surface area contributed by atoms with E-state index in [0.29, 0.717) is 19.3 Å². The van der Waals surface area contributed by atoms with Crippen LogP contribution in [0.2, 0.25) is 0 Å². The lowest BCUT2D eigenvalue weighted by molar-refractivity contribution is 0.0387. The summed E-state index contributed by atoms with van der Waals surface area (Å²) in [5, 5.41) is 3.42. The quantitative estimate of drug-likeness (QED) is 0.511. The van der Waals surface area contributed by atoms with Crippen molar-refractivity contribution in [1.82, 2.24) is 10.2 Å². The highest BCUT2D eigenvalue weighted by molar-refractivity contribution is 5.34. The molecule has 2 rings (SSSR count). The van der Waals surface area contributed by atoms with Crippen molar-refractivity contribution in [3.8, 4) is 0 Å². The Bertz CT molecular complexity index is 507. The van der Waals surface area contributed by atoms with E-state index in [-0.39, 0.29) is 0 Å². The van der Waals surface area contributed by atoms with E-state index < -0.39 is 0 Å². The maximum absolute atomic E-state index is 5.73. The summed E-state index contributed by atoms with van der Waals surface area (Å²) in [6.45, 7) is 13.6. The SMILES string of the molecule is CCCCc1ccc2c(c1)CN(CCOCCOCCNC(C)CC)C2. The van der Waals surface area contributed by atoms with Gasteiger partial charge in [0.2, 0.25) is 0 Å². The van der Waals surface area contributed by atoms with E-state index in [1.165, 1.54) is 36.0 Å². The molecule has 26 heavy (non-hydrogen) atoms. The van der Waals surface area contributed by atoms with E-state index in [2.05, 4.69) is 49.2 Å². The Morgan fingerprint density at radius 2 is 1.81 bits per heavy atom. The van der Waals surface area contributed by atoms with Crippen LogP contribution in [-0.4, -0.2) is 50.5 Å². The molecule has 0 aromatic heterocycles. The number of rotatable bonds is 14. The average Bonchev–Trinajstić information content (AvgIpc) is 3.06. The van der Waals surface area contributed by atoms with Crippen LogP contribution < -0.4 is 5.32 Å². The summed E-state index contributed by atoms with van der Waals surface area (Å²) < 4.78 is 11.3. The van der Waals surface area contributed by atoms with Crippen LogP contribution in [0.4, 0.5) is 0 Å². The Balaban J connectivity index is 1.50. The molecule has 0 aliphatic carbocycles. The molecular formula is C22H38N2O2. The third-order valence-electron chi connectivity index (χ3n) is 5.15. The zero-order valence-corrected chi connectivity index (χ0v) is 17.1. The largest absolute Gasteiger partial charge is 0.378 e. The van der Waals surface area contributed by atoms with Gasteiger partial charge in [-0.25, -0.2) is 0 Å². The zero-order chi connectivity index (χ0) is 18.6. The molecule has 1 aromatic rings. The molecular weight excluding hydrogens is 324 g/mol. The molecule has 1 atom stereocenters. The highest BCUT2D eigenvalue weighted by atomic mass is 16.5. The first kappa shape index (κ1) is 21.4. The lowest BCUT2D eigenvalue weighted by atomic mass is 10.0. The molecule has 0 saturated heterocycles. The Hall–Kier alpha value is -0.940. The molecule has 0 spiro atoms. The predicted molar refractivity (Wildman–Crippen MR) is 109 cm³/mol. The van der Waals surface area contributed by atoms with Crippen LogP contribution in [0.25, 0.3) is 0 Å².